The largest absolute Gasteiger partial charge is 0.743 e. The fourth-order valence-corrected chi connectivity index (χ4v) is 1.97. The number of rotatable bonds is 5. The zero-order valence-corrected chi connectivity index (χ0v) is 12.7. The summed E-state index contributed by atoms with van der Waals surface area (Å²) in [5.41, 5.74) is 0.534. The normalized spacial score (nSPS) is 14.1. The summed E-state index contributed by atoms with van der Waals surface area (Å²) in [6.07, 6.45) is -10.4. The van der Waals surface area contributed by atoms with Crippen LogP contribution in [0.5, 0.6) is 0 Å². The maximum Gasteiger partial charge on any atom is 0.432 e. The SMILES string of the molecule is C=C(C)c1ccc(C(=O)OC(C(F)(F)F)C(F)(F)S(=O)(=O)[O-])cc1. The maximum absolute atomic E-state index is 13.2. The third-order valence-electron chi connectivity index (χ3n) is 2.77. The molecule has 0 saturated carbocycles. The monoisotopic (exact) mass is 373 g/mol. The highest BCUT2D eigenvalue weighted by molar-refractivity contribution is 7.86. The fraction of sp³-hybridized carbons (Fsp3) is 0.308. The van der Waals surface area contributed by atoms with Crippen LogP contribution in [-0.4, -0.2) is 36.5 Å². The second-order valence-corrected chi connectivity index (χ2v) is 6.15. The Morgan fingerprint density at radius 1 is 1.12 bits per heavy atom. The molecule has 0 radical (unpaired) electrons. The Morgan fingerprint density at radius 3 is 1.88 bits per heavy atom. The van der Waals surface area contributed by atoms with Crippen LogP contribution in [0.25, 0.3) is 5.57 Å². The van der Waals surface area contributed by atoms with E-state index in [1.54, 1.807) is 6.92 Å². The number of benzene rings is 1. The van der Waals surface area contributed by atoms with Gasteiger partial charge in [0.05, 0.1) is 5.56 Å². The minimum atomic E-state index is -6.72. The van der Waals surface area contributed by atoms with Crippen LogP contribution in [0, 0.1) is 0 Å². The topological polar surface area (TPSA) is 83.5 Å². The molecule has 134 valence electrons. The summed E-state index contributed by atoms with van der Waals surface area (Å²) in [5, 5.41) is -5.88. The molecule has 0 saturated heterocycles. The van der Waals surface area contributed by atoms with Gasteiger partial charge in [-0.15, -0.1) is 0 Å². The minimum Gasteiger partial charge on any atom is -0.743 e. The Labute approximate surface area is 133 Å². The van der Waals surface area contributed by atoms with Crippen molar-refractivity contribution in [2.75, 3.05) is 0 Å². The van der Waals surface area contributed by atoms with Gasteiger partial charge in [0.25, 0.3) is 6.10 Å². The predicted molar refractivity (Wildman–Crippen MR) is 71.1 cm³/mol. The zero-order chi connectivity index (χ0) is 18.9. The average molecular weight is 373 g/mol. The van der Waals surface area contributed by atoms with Crippen molar-refractivity contribution in [1.29, 1.82) is 0 Å². The summed E-state index contributed by atoms with van der Waals surface area (Å²) < 4.78 is 99.0. The number of ether oxygens (including phenoxy) is 1. The summed E-state index contributed by atoms with van der Waals surface area (Å²) in [6, 6.07) is 4.49. The van der Waals surface area contributed by atoms with E-state index >= 15 is 0 Å². The molecule has 1 rings (SSSR count). The molecule has 0 aliphatic rings. The Morgan fingerprint density at radius 2 is 1.54 bits per heavy atom. The van der Waals surface area contributed by atoms with Crippen LogP contribution in [0.1, 0.15) is 22.8 Å². The van der Waals surface area contributed by atoms with Gasteiger partial charge >= 0.3 is 17.4 Å². The predicted octanol–water partition coefficient (Wildman–Crippen LogP) is 2.95. The summed E-state index contributed by atoms with van der Waals surface area (Å²) in [5.74, 6) is -1.87. The number of allylic oxidation sites excluding steroid dienone is 1. The lowest BCUT2D eigenvalue weighted by atomic mass is 10.1. The van der Waals surface area contributed by atoms with Crippen molar-refractivity contribution in [2.24, 2.45) is 0 Å². The third-order valence-corrected chi connectivity index (χ3v) is 3.65. The van der Waals surface area contributed by atoms with Gasteiger partial charge in [0, 0.05) is 0 Å². The van der Waals surface area contributed by atoms with E-state index in [1.165, 1.54) is 12.1 Å². The van der Waals surface area contributed by atoms with Crippen molar-refractivity contribution in [3.63, 3.8) is 0 Å². The number of hydrogen-bond acceptors (Lipinski definition) is 5. The maximum atomic E-state index is 13.2. The lowest BCUT2D eigenvalue weighted by Gasteiger charge is -2.29. The molecule has 1 aromatic rings. The highest BCUT2D eigenvalue weighted by atomic mass is 32.2. The van der Waals surface area contributed by atoms with Crippen LogP contribution in [0.4, 0.5) is 22.0 Å². The molecular weight excluding hydrogens is 363 g/mol. The van der Waals surface area contributed by atoms with Gasteiger partial charge in [-0.05, 0) is 24.6 Å². The molecule has 0 spiro atoms. The Bertz CT molecular complexity index is 737. The first kappa shape index (κ1) is 20.0. The Kier molecular flexibility index (Phi) is 5.41. The molecule has 1 aromatic carbocycles. The molecule has 11 heteroatoms. The molecule has 0 bridgehead atoms. The molecule has 0 aliphatic heterocycles. The molecule has 24 heavy (non-hydrogen) atoms. The average Bonchev–Trinajstić information content (AvgIpc) is 2.41. The van der Waals surface area contributed by atoms with Crippen molar-refractivity contribution in [3.05, 3.63) is 42.0 Å². The lowest BCUT2D eigenvalue weighted by molar-refractivity contribution is -0.248. The van der Waals surface area contributed by atoms with E-state index < -0.39 is 39.2 Å². The van der Waals surface area contributed by atoms with Gasteiger partial charge in [-0.3, -0.25) is 0 Å². The van der Waals surface area contributed by atoms with Crippen LogP contribution in [0.2, 0.25) is 0 Å². The summed E-state index contributed by atoms with van der Waals surface area (Å²) >= 11 is 0. The van der Waals surface area contributed by atoms with Crippen molar-refractivity contribution in [1.82, 2.24) is 0 Å². The minimum absolute atomic E-state index is 0.520. The standard InChI is InChI=1S/C13H11F5O5S/c1-7(2)8-3-5-9(6-4-8)10(19)23-11(12(14,15)16)13(17,18)24(20,21)22/h3-6,11H,1H2,2H3,(H,20,21,22)/p-1. The number of halogens is 5. The molecule has 1 unspecified atom stereocenters. The van der Waals surface area contributed by atoms with E-state index in [0.29, 0.717) is 11.1 Å². The second kappa shape index (κ2) is 6.48. The van der Waals surface area contributed by atoms with Gasteiger partial charge in [0.2, 0.25) is 0 Å². The van der Waals surface area contributed by atoms with Gasteiger partial charge < -0.3 is 9.29 Å². The summed E-state index contributed by atoms with van der Waals surface area (Å²) in [7, 11) is -6.72. The highest BCUT2D eigenvalue weighted by Crippen LogP contribution is 2.38. The molecule has 5 nitrogen and oxygen atoms in total. The van der Waals surface area contributed by atoms with Crippen LogP contribution in [0.15, 0.2) is 30.8 Å². The Hall–Kier alpha value is -2.01. The van der Waals surface area contributed by atoms with Crippen LogP contribution in [0.3, 0.4) is 0 Å². The van der Waals surface area contributed by atoms with E-state index in [1.807, 2.05) is 0 Å². The van der Waals surface area contributed by atoms with E-state index in [2.05, 4.69) is 11.3 Å². The lowest BCUT2D eigenvalue weighted by Crippen LogP contribution is -2.52. The first-order valence-electron chi connectivity index (χ1n) is 6.05. The van der Waals surface area contributed by atoms with Crippen molar-refractivity contribution in [3.8, 4) is 0 Å². The summed E-state index contributed by atoms with van der Waals surface area (Å²) in [6.45, 7) is 5.18. The molecule has 0 heterocycles. The molecule has 0 N–H and O–H groups in total. The van der Waals surface area contributed by atoms with Gasteiger partial charge in [0.1, 0.15) is 0 Å². The van der Waals surface area contributed by atoms with E-state index in [0.717, 1.165) is 12.1 Å². The fourth-order valence-electron chi connectivity index (χ4n) is 1.52. The van der Waals surface area contributed by atoms with E-state index in [4.69, 9.17) is 0 Å². The van der Waals surface area contributed by atoms with Gasteiger partial charge in [-0.1, -0.05) is 24.3 Å². The molecule has 0 fully saturated rings. The van der Waals surface area contributed by atoms with E-state index in [9.17, 15) is 39.7 Å². The number of alkyl halides is 5. The first-order valence-corrected chi connectivity index (χ1v) is 7.45. The Balaban J connectivity index is 3.16. The number of hydrogen-bond donors (Lipinski definition) is 0. The third kappa shape index (κ3) is 4.29. The number of carbonyl (C=O) groups is 1. The van der Waals surface area contributed by atoms with Gasteiger partial charge in [-0.2, -0.15) is 22.0 Å². The molecule has 0 amide bonds. The van der Waals surface area contributed by atoms with Gasteiger partial charge in [0.15, 0.2) is 10.1 Å². The molecular formula is C13H10F5O5S-. The summed E-state index contributed by atoms with van der Waals surface area (Å²) in [4.78, 5) is 11.6. The quantitative estimate of drug-likeness (QED) is 0.450. The smallest absolute Gasteiger partial charge is 0.432 e. The van der Waals surface area contributed by atoms with Crippen molar-refractivity contribution >= 4 is 21.7 Å². The van der Waals surface area contributed by atoms with Crippen molar-refractivity contribution < 1.29 is 44.5 Å². The van der Waals surface area contributed by atoms with Crippen LogP contribution < -0.4 is 0 Å². The number of carbonyl (C=O) groups excluding carboxylic acids is 1. The molecule has 0 aromatic heterocycles. The van der Waals surface area contributed by atoms with Crippen LogP contribution >= 0.6 is 0 Å². The number of esters is 1. The van der Waals surface area contributed by atoms with E-state index in [-0.39, 0.29) is 0 Å². The first-order chi connectivity index (χ1) is 10.7. The van der Waals surface area contributed by atoms with Crippen LogP contribution in [-0.2, 0) is 14.9 Å². The van der Waals surface area contributed by atoms with Crippen molar-refractivity contribution in [2.45, 2.75) is 24.5 Å². The highest BCUT2D eigenvalue weighted by Gasteiger charge is 2.62. The second-order valence-electron chi connectivity index (χ2n) is 4.70. The van der Waals surface area contributed by atoms with Gasteiger partial charge in [-0.25, -0.2) is 13.2 Å². The zero-order valence-electron chi connectivity index (χ0n) is 11.9. The molecule has 1 atom stereocenters. The molecule has 0 aliphatic carbocycles.